The molecule has 2 atom stereocenters. The Morgan fingerprint density at radius 2 is 1.95 bits per heavy atom. The molecule has 1 aromatic carbocycles. The average Bonchev–Trinajstić information content (AvgIpc) is 2.45. The maximum absolute atomic E-state index is 13.7. The van der Waals surface area contributed by atoms with Crippen LogP contribution < -0.4 is 5.73 Å². The molecule has 1 rings (SSSR count). The van der Waals surface area contributed by atoms with Crippen molar-refractivity contribution < 1.29 is 18.7 Å². The maximum atomic E-state index is 13.7. The molecule has 20 heavy (non-hydrogen) atoms. The van der Waals surface area contributed by atoms with E-state index in [2.05, 4.69) is 0 Å². The first-order valence-corrected chi connectivity index (χ1v) is 6.69. The van der Waals surface area contributed by atoms with Gasteiger partial charge in [-0.3, -0.25) is 4.79 Å². The summed E-state index contributed by atoms with van der Waals surface area (Å²) < 4.78 is 27.4. The molecule has 3 nitrogen and oxygen atoms in total. The molecular formula is C15H21F2NO2. The lowest BCUT2D eigenvalue weighted by Gasteiger charge is -2.19. The zero-order valence-electron chi connectivity index (χ0n) is 11.6. The van der Waals surface area contributed by atoms with Crippen molar-refractivity contribution in [2.75, 3.05) is 6.61 Å². The fourth-order valence-corrected chi connectivity index (χ4v) is 1.83. The first-order chi connectivity index (χ1) is 9.36. The zero-order chi connectivity index (χ0) is 15.2. The van der Waals surface area contributed by atoms with Crippen LogP contribution in [0.4, 0.5) is 8.78 Å². The molecule has 2 unspecified atom stereocenters. The molecule has 112 valence electrons. The van der Waals surface area contributed by atoms with E-state index >= 15 is 0 Å². The molecule has 0 aliphatic carbocycles. The quantitative estimate of drug-likeness (QED) is 0.772. The highest BCUT2D eigenvalue weighted by Gasteiger charge is 2.38. The summed E-state index contributed by atoms with van der Waals surface area (Å²) in [5, 5.41) is 8.81. The van der Waals surface area contributed by atoms with Gasteiger partial charge in [0.1, 0.15) is 0 Å². The van der Waals surface area contributed by atoms with Gasteiger partial charge in [-0.15, -0.1) is 0 Å². The predicted molar refractivity (Wildman–Crippen MR) is 73.4 cm³/mol. The van der Waals surface area contributed by atoms with E-state index in [4.69, 9.17) is 10.8 Å². The van der Waals surface area contributed by atoms with Crippen LogP contribution in [0.1, 0.15) is 37.8 Å². The summed E-state index contributed by atoms with van der Waals surface area (Å²) >= 11 is 0. The summed E-state index contributed by atoms with van der Waals surface area (Å²) in [6, 6.07) is 8.00. The number of halogens is 2. The van der Waals surface area contributed by atoms with E-state index in [1.54, 1.807) is 37.3 Å². The van der Waals surface area contributed by atoms with Crippen molar-refractivity contribution in [1.29, 1.82) is 0 Å². The Bertz CT molecular complexity index is 423. The van der Waals surface area contributed by atoms with Crippen LogP contribution in [0.5, 0.6) is 0 Å². The van der Waals surface area contributed by atoms with Crippen LogP contribution in [0.2, 0.25) is 0 Å². The van der Waals surface area contributed by atoms with E-state index in [1.165, 1.54) is 0 Å². The molecule has 0 fully saturated rings. The van der Waals surface area contributed by atoms with Gasteiger partial charge >= 0.3 is 5.92 Å². The fraction of sp³-hybridized carbons (Fsp3) is 0.533. The minimum absolute atomic E-state index is 0.107. The standard InChI is InChI=1S/C15H21F2NO2/c1-11(10-19)7-8-15(16,17)14(20)9-13(18)12-5-3-2-4-6-12/h2-6,11,13,19H,7-10,18H2,1H3. The summed E-state index contributed by atoms with van der Waals surface area (Å²) in [7, 11) is 0. The van der Waals surface area contributed by atoms with E-state index < -0.39 is 24.2 Å². The van der Waals surface area contributed by atoms with E-state index in [0.717, 1.165) is 0 Å². The van der Waals surface area contributed by atoms with Crippen molar-refractivity contribution in [3.8, 4) is 0 Å². The van der Waals surface area contributed by atoms with Crippen LogP contribution in [0.25, 0.3) is 0 Å². The highest BCUT2D eigenvalue weighted by Crippen LogP contribution is 2.28. The highest BCUT2D eigenvalue weighted by molar-refractivity contribution is 5.86. The van der Waals surface area contributed by atoms with Crippen molar-refractivity contribution in [2.24, 2.45) is 11.7 Å². The lowest BCUT2D eigenvalue weighted by molar-refractivity contribution is -0.144. The second kappa shape index (κ2) is 7.45. The van der Waals surface area contributed by atoms with Gasteiger partial charge in [-0.2, -0.15) is 8.78 Å². The van der Waals surface area contributed by atoms with Gasteiger partial charge in [0, 0.05) is 25.5 Å². The summed E-state index contributed by atoms with van der Waals surface area (Å²) in [5.41, 5.74) is 6.45. The van der Waals surface area contributed by atoms with E-state index in [1.807, 2.05) is 0 Å². The fourth-order valence-electron chi connectivity index (χ4n) is 1.83. The third kappa shape index (κ3) is 4.98. The number of nitrogens with two attached hydrogens (primary N) is 1. The topological polar surface area (TPSA) is 63.3 Å². The molecule has 0 saturated heterocycles. The number of ketones is 1. The summed E-state index contributed by atoms with van der Waals surface area (Å²) in [4.78, 5) is 11.7. The number of hydrogen-bond acceptors (Lipinski definition) is 3. The van der Waals surface area contributed by atoms with Gasteiger partial charge in [-0.05, 0) is 17.9 Å². The van der Waals surface area contributed by atoms with Gasteiger partial charge < -0.3 is 10.8 Å². The number of alkyl halides is 2. The number of aliphatic hydroxyl groups is 1. The third-order valence-corrected chi connectivity index (χ3v) is 3.30. The Morgan fingerprint density at radius 1 is 1.35 bits per heavy atom. The Balaban J connectivity index is 2.56. The normalized spacial score (nSPS) is 14.8. The van der Waals surface area contributed by atoms with Crippen LogP contribution >= 0.6 is 0 Å². The highest BCUT2D eigenvalue weighted by atomic mass is 19.3. The average molecular weight is 285 g/mol. The van der Waals surface area contributed by atoms with Crippen LogP contribution in [0, 0.1) is 5.92 Å². The summed E-state index contributed by atoms with van der Waals surface area (Å²) in [5.74, 6) is -4.76. The molecule has 0 aliphatic rings. The summed E-state index contributed by atoms with van der Waals surface area (Å²) in [6.07, 6.45) is -0.824. The Kier molecular flexibility index (Phi) is 6.23. The molecule has 0 spiro atoms. The largest absolute Gasteiger partial charge is 0.396 e. The minimum atomic E-state index is -3.38. The molecule has 0 bridgehead atoms. The van der Waals surface area contributed by atoms with Crippen LogP contribution in [0.3, 0.4) is 0 Å². The van der Waals surface area contributed by atoms with Crippen LogP contribution in [0.15, 0.2) is 30.3 Å². The van der Waals surface area contributed by atoms with Crippen LogP contribution in [-0.2, 0) is 4.79 Å². The molecule has 0 aliphatic heterocycles. The Hall–Kier alpha value is -1.33. The molecule has 0 amide bonds. The number of hydrogen-bond donors (Lipinski definition) is 2. The van der Waals surface area contributed by atoms with Gasteiger partial charge in [0.25, 0.3) is 0 Å². The van der Waals surface area contributed by atoms with E-state index in [0.29, 0.717) is 5.56 Å². The van der Waals surface area contributed by atoms with Crippen molar-refractivity contribution in [3.63, 3.8) is 0 Å². The molecule has 0 radical (unpaired) electrons. The number of carbonyl (C=O) groups excluding carboxylic acids is 1. The smallest absolute Gasteiger partial charge is 0.305 e. The SMILES string of the molecule is CC(CO)CCC(F)(F)C(=O)CC(N)c1ccccc1. The van der Waals surface area contributed by atoms with E-state index in [9.17, 15) is 13.6 Å². The van der Waals surface area contributed by atoms with Gasteiger partial charge in [-0.1, -0.05) is 37.3 Å². The molecule has 0 saturated carbocycles. The first-order valence-electron chi connectivity index (χ1n) is 6.69. The number of Topliss-reactive ketones (excluding diaryl/α,β-unsaturated/α-hetero) is 1. The molecule has 0 heterocycles. The van der Waals surface area contributed by atoms with Gasteiger partial charge in [0.15, 0.2) is 0 Å². The third-order valence-electron chi connectivity index (χ3n) is 3.30. The monoisotopic (exact) mass is 285 g/mol. The molecule has 0 aromatic heterocycles. The van der Waals surface area contributed by atoms with Crippen LogP contribution in [-0.4, -0.2) is 23.4 Å². The number of carbonyl (C=O) groups is 1. The molecule has 5 heteroatoms. The Labute approximate surface area is 117 Å². The van der Waals surface area contributed by atoms with Gasteiger partial charge in [-0.25, -0.2) is 0 Å². The second-order valence-electron chi connectivity index (χ2n) is 5.18. The van der Waals surface area contributed by atoms with Gasteiger partial charge in [0.2, 0.25) is 5.78 Å². The van der Waals surface area contributed by atoms with Gasteiger partial charge in [0.05, 0.1) is 0 Å². The minimum Gasteiger partial charge on any atom is -0.396 e. The molecule has 3 N–H and O–H groups in total. The number of benzene rings is 1. The zero-order valence-corrected chi connectivity index (χ0v) is 11.6. The lowest BCUT2D eigenvalue weighted by Crippen LogP contribution is -2.32. The number of rotatable bonds is 8. The predicted octanol–water partition coefficient (Wildman–Crippen LogP) is 2.69. The van der Waals surface area contributed by atoms with E-state index in [-0.39, 0.29) is 25.4 Å². The lowest BCUT2D eigenvalue weighted by atomic mass is 9.95. The molecular weight excluding hydrogens is 264 g/mol. The van der Waals surface area contributed by atoms with Crippen molar-refractivity contribution >= 4 is 5.78 Å². The maximum Gasteiger partial charge on any atom is 0.305 e. The Morgan fingerprint density at radius 3 is 2.50 bits per heavy atom. The second-order valence-corrected chi connectivity index (χ2v) is 5.18. The molecule has 1 aromatic rings. The van der Waals surface area contributed by atoms with Crippen molar-refractivity contribution in [3.05, 3.63) is 35.9 Å². The first kappa shape index (κ1) is 16.7. The van der Waals surface area contributed by atoms with Crippen molar-refractivity contribution in [2.45, 2.75) is 38.2 Å². The summed E-state index contributed by atoms with van der Waals surface area (Å²) in [6.45, 7) is 1.50. The van der Waals surface area contributed by atoms with Crippen molar-refractivity contribution in [1.82, 2.24) is 0 Å². The number of aliphatic hydroxyl groups excluding tert-OH is 1.